The maximum absolute atomic E-state index is 14.2. The number of thiazole rings is 1. The van der Waals surface area contributed by atoms with Crippen LogP contribution in [0.25, 0.3) is 17.3 Å². The molecule has 0 bridgehead atoms. The van der Waals surface area contributed by atoms with Crippen LogP contribution in [0.1, 0.15) is 10.4 Å². The normalized spacial score (nSPS) is 11.2. The zero-order chi connectivity index (χ0) is 18.8. The largest absolute Gasteiger partial charge is 0.273 e. The van der Waals surface area contributed by atoms with Crippen LogP contribution in [0.5, 0.6) is 0 Å². The number of hydrogen-bond donors (Lipinski definition) is 0. The van der Waals surface area contributed by atoms with Gasteiger partial charge in [-0.15, -0.1) is 22.7 Å². The van der Waals surface area contributed by atoms with Gasteiger partial charge in [0.15, 0.2) is 5.57 Å². The molecular weight excluding hydrogens is 376 g/mol. The van der Waals surface area contributed by atoms with E-state index >= 15 is 0 Å². The van der Waals surface area contributed by atoms with Gasteiger partial charge in [0.1, 0.15) is 28.4 Å². The number of aryl methyl sites for hydroxylation is 1. The van der Waals surface area contributed by atoms with Crippen molar-refractivity contribution >= 4 is 34.3 Å². The molecule has 0 unspecified atom stereocenters. The molecule has 3 rings (SSSR count). The van der Waals surface area contributed by atoms with Crippen molar-refractivity contribution in [3.8, 4) is 17.8 Å². The van der Waals surface area contributed by atoms with E-state index in [9.17, 15) is 24.1 Å². The third-order valence-corrected chi connectivity index (χ3v) is 5.63. The van der Waals surface area contributed by atoms with Crippen molar-refractivity contribution in [1.29, 1.82) is 10.5 Å². The minimum Gasteiger partial charge on any atom is -0.267 e. The first kappa shape index (κ1) is 17.7. The van der Waals surface area contributed by atoms with E-state index in [4.69, 9.17) is 0 Å². The lowest BCUT2D eigenvalue weighted by Crippen LogP contribution is -2.31. The summed E-state index contributed by atoms with van der Waals surface area (Å²) in [6.45, 7) is 1.89. The highest BCUT2D eigenvalue weighted by Crippen LogP contribution is 2.16. The minimum atomic E-state index is -0.958. The molecule has 128 valence electrons. The van der Waals surface area contributed by atoms with E-state index in [0.29, 0.717) is 6.07 Å². The summed E-state index contributed by atoms with van der Waals surface area (Å²) >= 11 is 2.35. The summed E-state index contributed by atoms with van der Waals surface area (Å²) in [5.41, 5.74) is -0.147. The molecule has 0 N–H and O–H groups in total. The van der Waals surface area contributed by atoms with Crippen LogP contribution in [0.2, 0.25) is 0 Å². The summed E-state index contributed by atoms with van der Waals surface area (Å²) in [4.78, 5) is 13.7. The van der Waals surface area contributed by atoms with Crippen molar-refractivity contribution in [2.45, 2.75) is 6.92 Å². The summed E-state index contributed by atoms with van der Waals surface area (Å²) in [6.07, 6.45) is 1.64. The van der Waals surface area contributed by atoms with E-state index in [1.807, 2.05) is 18.4 Å². The molecule has 0 aliphatic rings. The average Bonchev–Trinajstić information content (AvgIpc) is 3.14. The molecule has 8 heteroatoms. The summed E-state index contributed by atoms with van der Waals surface area (Å²) in [6, 6.07) is 8.10. The summed E-state index contributed by atoms with van der Waals surface area (Å²) in [5.74, 6) is -1.75. The standard InChI is InChI=1S/C18H9F2N3OS2/c1-10-4-5-25-15(10)7-16-17(24)23(18(26-16)11(8-21)9-22)14-3-2-12(19)6-13(14)20/h2-7H,1H3/b16-7-. The van der Waals surface area contributed by atoms with E-state index in [2.05, 4.69) is 0 Å². The Hall–Kier alpha value is -3.07. The first-order chi connectivity index (χ1) is 12.5. The number of hydrogen-bond acceptors (Lipinski definition) is 5. The molecule has 0 saturated heterocycles. The van der Waals surface area contributed by atoms with Crippen molar-refractivity contribution in [3.05, 3.63) is 71.3 Å². The van der Waals surface area contributed by atoms with Crippen molar-refractivity contribution in [2.24, 2.45) is 0 Å². The van der Waals surface area contributed by atoms with Crippen LogP contribution in [0.3, 0.4) is 0 Å². The molecule has 0 amide bonds. The molecule has 0 radical (unpaired) electrons. The number of nitrogens with zero attached hydrogens (tertiary/aromatic N) is 3. The molecule has 4 nitrogen and oxygen atoms in total. The molecule has 1 aromatic carbocycles. The van der Waals surface area contributed by atoms with Gasteiger partial charge in [0.05, 0.1) is 10.2 Å². The Morgan fingerprint density at radius 1 is 1.23 bits per heavy atom. The SMILES string of the molecule is Cc1ccsc1/C=c1\sc(=C(C#N)C#N)n(-c2ccc(F)cc2F)c1=O. The van der Waals surface area contributed by atoms with E-state index in [-0.39, 0.29) is 20.5 Å². The second kappa shape index (κ2) is 7.04. The molecule has 2 heterocycles. The zero-order valence-corrected chi connectivity index (χ0v) is 14.9. The number of nitriles is 2. The maximum Gasteiger partial charge on any atom is 0.273 e. The fraction of sp³-hybridized carbons (Fsp3) is 0.0556. The Morgan fingerprint density at radius 2 is 1.96 bits per heavy atom. The minimum absolute atomic E-state index is 0.00553. The fourth-order valence-corrected chi connectivity index (χ4v) is 4.27. The van der Waals surface area contributed by atoms with Gasteiger partial charge in [0, 0.05) is 10.9 Å². The first-order valence-electron chi connectivity index (χ1n) is 7.24. The van der Waals surface area contributed by atoms with Gasteiger partial charge in [-0.05, 0) is 42.1 Å². The second-order valence-corrected chi connectivity index (χ2v) is 7.20. The highest BCUT2D eigenvalue weighted by Gasteiger charge is 2.15. The van der Waals surface area contributed by atoms with Crippen LogP contribution in [0, 0.1) is 41.2 Å². The second-order valence-electron chi connectivity index (χ2n) is 5.22. The molecule has 3 aromatic rings. The van der Waals surface area contributed by atoms with Crippen molar-refractivity contribution in [1.82, 2.24) is 4.57 Å². The van der Waals surface area contributed by atoms with Crippen LogP contribution in [-0.4, -0.2) is 4.57 Å². The van der Waals surface area contributed by atoms with E-state index < -0.39 is 17.2 Å². The topological polar surface area (TPSA) is 69.6 Å². The van der Waals surface area contributed by atoms with Crippen molar-refractivity contribution < 1.29 is 8.78 Å². The maximum atomic E-state index is 14.2. The number of aromatic nitrogens is 1. The van der Waals surface area contributed by atoms with Gasteiger partial charge in [0.2, 0.25) is 0 Å². The molecule has 0 aliphatic heterocycles. The highest BCUT2D eigenvalue weighted by molar-refractivity contribution is 7.11. The van der Waals surface area contributed by atoms with Gasteiger partial charge in [-0.1, -0.05) is 0 Å². The van der Waals surface area contributed by atoms with Gasteiger partial charge in [-0.25, -0.2) is 8.78 Å². The zero-order valence-electron chi connectivity index (χ0n) is 13.3. The monoisotopic (exact) mass is 385 g/mol. The third kappa shape index (κ3) is 3.08. The lowest BCUT2D eigenvalue weighted by atomic mass is 10.2. The smallest absolute Gasteiger partial charge is 0.267 e. The molecule has 0 fully saturated rings. The van der Waals surface area contributed by atoms with Gasteiger partial charge >= 0.3 is 0 Å². The molecule has 2 aromatic heterocycles. The lowest BCUT2D eigenvalue weighted by Gasteiger charge is -2.03. The van der Waals surface area contributed by atoms with Gasteiger partial charge in [0.25, 0.3) is 5.56 Å². The van der Waals surface area contributed by atoms with Crippen LogP contribution in [0.4, 0.5) is 8.78 Å². The predicted octanol–water partition coefficient (Wildman–Crippen LogP) is 2.57. The molecule has 0 atom stereocenters. The van der Waals surface area contributed by atoms with Gasteiger partial charge in [-0.2, -0.15) is 10.5 Å². The molecule has 26 heavy (non-hydrogen) atoms. The van der Waals surface area contributed by atoms with Crippen LogP contribution >= 0.6 is 22.7 Å². The van der Waals surface area contributed by atoms with E-state index in [1.54, 1.807) is 18.2 Å². The highest BCUT2D eigenvalue weighted by atomic mass is 32.1. The van der Waals surface area contributed by atoms with Crippen molar-refractivity contribution in [2.75, 3.05) is 0 Å². The quantitative estimate of drug-likeness (QED) is 0.681. The summed E-state index contributed by atoms with van der Waals surface area (Å²) in [7, 11) is 0. The Bertz CT molecular complexity index is 1250. The lowest BCUT2D eigenvalue weighted by molar-refractivity contribution is 0.576. The Morgan fingerprint density at radius 3 is 2.54 bits per heavy atom. The molecule has 0 aliphatic carbocycles. The Balaban J connectivity index is 2.45. The fourth-order valence-electron chi connectivity index (χ4n) is 2.30. The van der Waals surface area contributed by atoms with Gasteiger partial charge < -0.3 is 0 Å². The number of rotatable bonds is 2. The average molecular weight is 385 g/mol. The number of benzene rings is 1. The third-order valence-electron chi connectivity index (χ3n) is 3.58. The molecule has 0 spiro atoms. The Labute approximate surface area is 154 Å². The van der Waals surface area contributed by atoms with Crippen molar-refractivity contribution in [3.63, 3.8) is 0 Å². The Kier molecular flexibility index (Phi) is 4.81. The predicted molar refractivity (Wildman–Crippen MR) is 96.3 cm³/mol. The van der Waals surface area contributed by atoms with Gasteiger partial charge in [-0.3, -0.25) is 9.36 Å². The number of thiophene rings is 1. The first-order valence-corrected chi connectivity index (χ1v) is 8.93. The molecule has 0 saturated carbocycles. The van der Waals surface area contributed by atoms with Crippen LogP contribution in [0.15, 0.2) is 34.4 Å². The summed E-state index contributed by atoms with van der Waals surface area (Å²) in [5, 5.41) is 20.2. The van der Waals surface area contributed by atoms with E-state index in [0.717, 1.165) is 38.5 Å². The van der Waals surface area contributed by atoms with Crippen LogP contribution in [-0.2, 0) is 0 Å². The summed E-state index contributed by atoms with van der Waals surface area (Å²) < 4.78 is 28.7. The molecular formula is C18H9F2N3OS2. The van der Waals surface area contributed by atoms with E-state index in [1.165, 1.54) is 11.3 Å². The number of halogens is 2. The van der Waals surface area contributed by atoms with Crippen LogP contribution < -0.4 is 14.8 Å².